The quantitative estimate of drug-likeness (QED) is 0.867. The number of anilines is 1. The predicted molar refractivity (Wildman–Crippen MR) is 83.6 cm³/mol. The summed E-state index contributed by atoms with van der Waals surface area (Å²) in [5.41, 5.74) is 6.93. The summed E-state index contributed by atoms with van der Waals surface area (Å²) in [6.07, 6.45) is 0.657. The molecule has 0 spiro atoms. The van der Waals surface area contributed by atoms with E-state index < -0.39 is 15.6 Å². The van der Waals surface area contributed by atoms with E-state index in [1.165, 1.54) is 4.31 Å². The Bertz CT molecular complexity index is 626. The van der Waals surface area contributed by atoms with Gasteiger partial charge in [-0.2, -0.15) is 4.31 Å². The summed E-state index contributed by atoms with van der Waals surface area (Å²) in [6.45, 7) is 8.39. The first-order chi connectivity index (χ1) is 9.65. The average Bonchev–Trinajstić information content (AvgIpc) is 2.36. The summed E-state index contributed by atoms with van der Waals surface area (Å²) in [5, 5.41) is 0. The molecule has 1 fully saturated rings. The molecule has 0 bridgehead atoms. The monoisotopic (exact) mass is 312 g/mol. The highest BCUT2D eigenvalue weighted by atomic mass is 32.2. The Labute approximate surface area is 127 Å². The van der Waals surface area contributed by atoms with Gasteiger partial charge in [-0.05, 0) is 44.9 Å². The van der Waals surface area contributed by atoms with Gasteiger partial charge in [0.25, 0.3) is 0 Å². The van der Waals surface area contributed by atoms with E-state index in [1.54, 1.807) is 18.2 Å². The molecular formula is C15H24N2O3S. The second-order valence-electron chi connectivity index (χ2n) is 6.20. The van der Waals surface area contributed by atoms with Gasteiger partial charge in [0.1, 0.15) is 0 Å². The summed E-state index contributed by atoms with van der Waals surface area (Å²) in [6, 6.07) is 4.98. The van der Waals surface area contributed by atoms with Crippen molar-refractivity contribution in [2.75, 3.05) is 18.8 Å². The fraction of sp³-hybridized carbons (Fsp3) is 0.600. The van der Waals surface area contributed by atoms with Gasteiger partial charge in [-0.25, -0.2) is 8.42 Å². The van der Waals surface area contributed by atoms with Gasteiger partial charge < -0.3 is 10.5 Å². The smallest absolute Gasteiger partial charge is 0.243 e. The summed E-state index contributed by atoms with van der Waals surface area (Å²) in [4.78, 5) is 0.252. The van der Waals surface area contributed by atoms with Crippen LogP contribution in [0.5, 0.6) is 0 Å². The van der Waals surface area contributed by atoms with Crippen LogP contribution in [0.4, 0.5) is 5.69 Å². The maximum Gasteiger partial charge on any atom is 0.243 e. The zero-order valence-electron chi connectivity index (χ0n) is 13.1. The van der Waals surface area contributed by atoms with Crippen molar-refractivity contribution in [2.24, 2.45) is 0 Å². The molecule has 0 amide bonds. The fourth-order valence-electron chi connectivity index (χ4n) is 2.78. The van der Waals surface area contributed by atoms with Crippen molar-refractivity contribution < 1.29 is 13.2 Å². The van der Waals surface area contributed by atoms with Crippen molar-refractivity contribution >= 4 is 15.7 Å². The number of morpholine rings is 1. The summed E-state index contributed by atoms with van der Waals surface area (Å²) in [5.74, 6) is 0. The highest BCUT2D eigenvalue weighted by Crippen LogP contribution is 2.28. The number of rotatable bonds is 3. The summed E-state index contributed by atoms with van der Waals surface area (Å²) in [7, 11) is -3.54. The molecule has 1 aromatic rings. The van der Waals surface area contributed by atoms with Crippen LogP contribution < -0.4 is 5.73 Å². The molecule has 1 aromatic carbocycles. The van der Waals surface area contributed by atoms with Crippen LogP contribution in [0.25, 0.3) is 0 Å². The van der Waals surface area contributed by atoms with Crippen molar-refractivity contribution in [2.45, 2.75) is 50.7 Å². The SMILES string of the molecule is CCc1ccc(S(=O)(=O)N2CC(C)OC(C)(C)C2)cc1N. The molecule has 5 nitrogen and oxygen atoms in total. The van der Waals surface area contributed by atoms with E-state index in [2.05, 4.69) is 0 Å². The van der Waals surface area contributed by atoms with Crippen molar-refractivity contribution in [1.82, 2.24) is 4.31 Å². The molecule has 1 saturated heterocycles. The molecule has 1 heterocycles. The number of nitrogens with two attached hydrogens (primary N) is 1. The molecule has 21 heavy (non-hydrogen) atoms. The third kappa shape index (κ3) is 3.39. The maximum absolute atomic E-state index is 12.8. The van der Waals surface area contributed by atoms with Crippen LogP contribution >= 0.6 is 0 Å². The van der Waals surface area contributed by atoms with Crippen molar-refractivity contribution in [1.29, 1.82) is 0 Å². The lowest BCUT2D eigenvalue weighted by molar-refractivity contribution is -0.109. The minimum atomic E-state index is -3.54. The van der Waals surface area contributed by atoms with Crippen LogP contribution in [-0.2, 0) is 21.2 Å². The minimum absolute atomic E-state index is 0.129. The molecule has 118 valence electrons. The molecular weight excluding hydrogens is 288 g/mol. The second-order valence-corrected chi connectivity index (χ2v) is 8.14. The topological polar surface area (TPSA) is 72.6 Å². The molecule has 1 unspecified atom stereocenters. The van der Waals surface area contributed by atoms with E-state index in [0.29, 0.717) is 18.8 Å². The second kappa shape index (κ2) is 5.59. The minimum Gasteiger partial charge on any atom is -0.398 e. The van der Waals surface area contributed by atoms with Gasteiger partial charge >= 0.3 is 0 Å². The number of hydrogen-bond donors (Lipinski definition) is 1. The third-order valence-corrected chi connectivity index (χ3v) is 5.48. The Morgan fingerprint density at radius 1 is 1.43 bits per heavy atom. The molecule has 0 radical (unpaired) electrons. The number of ether oxygens (including phenoxy) is 1. The van der Waals surface area contributed by atoms with Gasteiger partial charge in [-0.15, -0.1) is 0 Å². The molecule has 0 aliphatic carbocycles. The molecule has 6 heteroatoms. The Morgan fingerprint density at radius 3 is 2.62 bits per heavy atom. The van der Waals surface area contributed by atoms with E-state index in [9.17, 15) is 8.42 Å². The average molecular weight is 312 g/mol. The van der Waals surface area contributed by atoms with E-state index >= 15 is 0 Å². The zero-order chi connectivity index (χ0) is 15.8. The molecule has 2 rings (SSSR count). The van der Waals surface area contributed by atoms with E-state index in [4.69, 9.17) is 10.5 Å². The number of hydrogen-bond acceptors (Lipinski definition) is 4. The first-order valence-corrected chi connectivity index (χ1v) is 8.66. The lowest BCUT2D eigenvalue weighted by Gasteiger charge is -2.40. The van der Waals surface area contributed by atoms with Gasteiger partial charge in [0, 0.05) is 18.8 Å². The normalized spacial score (nSPS) is 23.1. The van der Waals surface area contributed by atoms with Crippen LogP contribution in [0, 0.1) is 0 Å². The van der Waals surface area contributed by atoms with Crippen LogP contribution in [-0.4, -0.2) is 37.5 Å². The van der Waals surface area contributed by atoms with E-state index in [0.717, 1.165) is 12.0 Å². The van der Waals surface area contributed by atoms with Crippen molar-refractivity contribution in [3.05, 3.63) is 23.8 Å². The first-order valence-electron chi connectivity index (χ1n) is 7.22. The van der Waals surface area contributed by atoms with Crippen molar-refractivity contribution in [3.63, 3.8) is 0 Å². The van der Waals surface area contributed by atoms with Crippen molar-refractivity contribution in [3.8, 4) is 0 Å². The van der Waals surface area contributed by atoms with Crippen LogP contribution in [0.3, 0.4) is 0 Å². The third-order valence-electron chi connectivity index (χ3n) is 3.67. The number of sulfonamides is 1. The van der Waals surface area contributed by atoms with Gasteiger partial charge in [0.15, 0.2) is 0 Å². The number of nitrogen functional groups attached to an aromatic ring is 1. The highest BCUT2D eigenvalue weighted by Gasteiger charge is 2.37. The standard InChI is InChI=1S/C15H24N2O3S/c1-5-12-6-7-13(8-14(12)16)21(18,19)17-9-11(2)20-15(3,4)10-17/h6-8,11H,5,9-10,16H2,1-4H3. The maximum atomic E-state index is 12.8. The molecule has 1 aliphatic heterocycles. The van der Waals surface area contributed by atoms with Gasteiger partial charge in [-0.3, -0.25) is 0 Å². The number of aryl methyl sites for hydroxylation is 1. The Kier molecular flexibility index (Phi) is 4.33. The summed E-state index contributed by atoms with van der Waals surface area (Å²) < 4.78 is 32.8. The Balaban J connectivity index is 2.35. The highest BCUT2D eigenvalue weighted by molar-refractivity contribution is 7.89. The van der Waals surface area contributed by atoms with Crippen LogP contribution in [0.1, 0.15) is 33.3 Å². The Morgan fingerprint density at radius 2 is 2.10 bits per heavy atom. The van der Waals surface area contributed by atoms with E-state index in [-0.39, 0.29) is 11.0 Å². The van der Waals surface area contributed by atoms with Crippen LogP contribution in [0.2, 0.25) is 0 Å². The molecule has 2 N–H and O–H groups in total. The first kappa shape index (κ1) is 16.3. The largest absolute Gasteiger partial charge is 0.398 e. The van der Waals surface area contributed by atoms with Gasteiger partial charge in [0.2, 0.25) is 10.0 Å². The van der Waals surface area contributed by atoms with Crippen LogP contribution in [0.15, 0.2) is 23.1 Å². The number of benzene rings is 1. The van der Waals surface area contributed by atoms with Gasteiger partial charge in [0.05, 0.1) is 16.6 Å². The lowest BCUT2D eigenvalue weighted by atomic mass is 10.1. The molecule has 0 saturated carbocycles. The Hall–Kier alpha value is -1.11. The summed E-state index contributed by atoms with van der Waals surface area (Å²) >= 11 is 0. The molecule has 1 atom stereocenters. The molecule has 1 aliphatic rings. The fourth-order valence-corrected chi connectivity index (χ4v) is 4.48. The predicted octanol–water partition coefficient (Wildman–Crippen LogP) is 2.02. The van der Waals surface area contributed by atoms with E-state index in [1.807, 2.05) is 27.7 Å². The molecule has 0 aromatic heterocycles. The zero-order valence-corrected chi connectivity index (χ0v) is 13.9. The number of nitrogens with zero attached hydrogens (tertiary/aromatic N) is 1. The van der Waals surface area contributed by atoms with Gasteiger partial charge in [-0.1, -0.05) is 13.0 Å². The lowest BCUT2D eigenvalue weighted by Crippen LogP contribution is -2.53.